The van der Waals surface area contributed by atoms with E-state index in [4.69, 9.17) is 0 Å². The summed E-state index contributed by atoms with van der Waals surface area (Å²) in [6.45, 7) is 2.14. The number of hydrogen-bond acceptors (Lipinski definition) is 2. The molecule has 0 saturated carbocycles. The lowest BCUT2D eigenvalue weighted by molar-refractivity contribution is -0.111. The van der Waals surface area contributed by atoms with E-state index in [2.05, 4.69) is 22.3 Å². The average molecular weight is 218 g/mol. The molecule has 1 aromatic carbocycles. The van der Waals surface area contributed by atoms with Gasteiger partial charge in [-0.25, -0.2) is 0 Å². The summed E-state index contributed by atoms with van der Waals surface area (Å²) < 4.78 is 0. The summed E-state index contributed by atoms with van der Waals surface area (Å²) in [5.74, 6) is 0. The predicted octanol–water partition coefficient (Wildman–Crippen LogP) is 1.92. The molecule has 1 aliphatic rings. The number of piperidine rings is 1. The molecule has 1 saturated heterocycles. The number of amides is 1. The van der Waals surface area contributed by atoms with Crippen molar-refractivity contribution in [2.24, 2.45) is 0 Å². The molecule has 0 aliphatic carbocycles. The fourth-order valence-electron chi connectivity index (χ4n) is 2.29. The zero-order valence-electron chi connectivity index (χ0n) is 9.43. The molecule has 0 aromatic heterocycles. The second kappa shape index (κ2) is 5.66. The quantitative estimate of drug-likeness (QED) is 0.783. The van der Waals surface area contributed by atoms with E-state index in [1.54, 1.807) is 0 Å². The summed E-state index contributed by atoms with van der Waals surface area (Å²) in [5, 5.41) is 2.91. The Hall–Kier alpha value is -1.35. The Balaban J connectivity index is 2.12. The predicted molar refractivity (Wildman–Crippen MR) is 63.8 cm³/mol. The van der Waals surface area contributed by atoms with Crippen molar-refractivity contribution in [3.8, 4) is 0 Å². The minimum atomic E-state index is 0.0407. The van der Waals surface area contributed by atoms with Gasteiger partial charge in [-0.2, -0.15) is 0 Å². The van der Waals surface area contributed by atoms with Crippen molar-refractivity contribution in [2.75, 3.05) is 13.1 Å². The molecule has 1 aliphatic heterocycles. The Morgan fingerprint density at radius 1 is 1.12 bits per heavy atom. The number of carbonyl (C=O) groups excluding carboxylic acids is 1. The molecule has 16 heavy (non-hydrogen) atoms. The van der Waals surface area contributed by atoms with E-state index >= 15 is 0 Å². The summed E-state index contributed by atoms with van der Waals surface area (Å²) >= 11 is 0. The summed E-state index contributed by atoms with van der Waals surface area (Å²) in [6.07, 6.45) is 4.60. The topological polar surface area (TPSA) is 32.3 Å². The van der Waals surface area contributed by atoms with Crippen molar-refractivity contribution < 1.29 is 4.79 Å². The molecule has 3 heteroatoms. The number of rotatable bonds is 4. The highest BCUT2D eigenvalue weighted by atomic mass is 16.1. The van der Waals surface area contributed by atoms with E-state index in [1.807, 2.05) is 18.2 Å². The van der Waals surface area contributed by atoms with Crippen molar-refractivity contribution in [3.05, 3.63) is 35.9 Å². The van der Waals surface area contributed by atoms with Crippen LogP contribution >= 0.6 is 0 Å². The third kappa shape index (κ3) is 2.61. The molecule has 1 heterocycles. The van der Waals surface area contributed by atoms with Gasteiger partial charge in [0.1, 0.15) is 6.17 Å². The number of carbonyl (C=O) groups is 1. The lowest BCUT2D eigenvalue weighted by Crippen LogP contribution is -2.40. The standard InChI is InChI=1S/C13H18N2O/c16-11-14-13(12-7-3-1-4-8-12)15-9-5-2-6-10-15/h1,3-4,7-8,11,13H,2,5-6,9-10H2,(H,14,16). The molecule has 86 valence electrons. The van der Waals surface area contributed by atoms with Gasteiger partial charge in [0.2, 0.25) is 6.41 Å². The van der Waals surface area contributed by atoms with Crippen LogP contribution in [-0.2, 0) is 4.79 Å². The van der Waals surface area contributed by atoms with Crippen LogP contribution < -0.4 is 5.32 Å². The SMILES string of the molecule is O=CNC(c1ccccc1)N1CCCCC1. The first kappa shape index (κ1) is 11.1. The minimum Gasteiger partial charge on any atom is -0.339 e. The smallest absolute Gasteiger partial charge is 0.208 e. The van der Waals surface area contributed by atoms with Crippen molar-refractivity contribution in [3.63, 3.8) is 0 Å². The van der Waals surface area contributed by atoms with Crippen LogP contribution in [-0.4, -0.2) is 24.4 Å². The van der Waals surface area contributed by atoms with Crippen LogP contribution in [0.25, 0.3) is 0 Å². The van der Waals surface area contributed by atoms with Crippen LogP contribution in [0.1, 0.15) is 31.0 Å². The molecule has 1 amide bonds. The Morgan fingerprint density at radius 2 is 1.81 bits per heavy atom. The Bertz CT molecular complexity index is 320. The second-order valence-corrected chi connectivity index (χ2v) is 4.19. The second-order valence-electron chi connectivity index (χ2n) is 4.19. The Kier molecular flexibility index (Phi) is 3.94. The van der Waals surface area contributed by atoms with Gasteiger partial charge in [-0.3, -0.25) is 9.69 Å². The van der Waals surface area contributed by atoms with Crippen LogP contribution in [0.15, 0.2) is 30.3 Å². The molecule has 1 N–H and O–H groups in total. The van der Waals surface area contributed by atoms with Crippen molar-refractivity contribution >= 4 is 6.41 Å². The van der Waals surface area contributed by atoms with Crippen LogP contribution in [0.2, 0.25) is 0 Å². The Morgan fingerprint density at radius 3 is 2.44 bits per heavy atom. The average Bonchev–Trinajstić information content (AvgIpc) is 2.38. The van der Waals surface area contributed by atoms with Gasteiger partial charge in [-0.05, 0) is 18.4 Å². The highest BCUT2D eigenvalue weighted by Crippen LogP contribution is 2.21. The normalized spacial score (nSPS) is 19.0. The highest BCUT2D eigenvalue weighted by Gasteiger charge is 2.20. The zero-order valence-corrected chi connectivity index (χ0v) is 9.43. The number of nitrogens with zero attached hydrogens (tertiary/aromatic N) is 1. The summed E-state index contributed by atoms with van der Waals surface area (Å²) in [6, 6.07) is 10.2. The number of nitrogens with one attached hydrogen (secondary N) is 1. The van der Waals surface area contributed by atoms with E-state index in [0.717, 1.165) is 25.1 Å². The minimum absolute atomic E-state index is 0.0407. The van der Waals surface area contributed by atoms with Gasteiger partial charge >= 0.3 is 0 Å². The third-order valence-corrected chi connectivity index (χ3v) is 3.10. The molecule has 1 atom stereocenters. The van der Waals surface area contributed by atoms with E-state index in [0.29, 0.717) is 0 Å². The first-order valence-electron chi connectivity index (χ1n) is 5.90. The lowest BCUT2D eigenvalue weighted by atomic mass is 10.1. The summed E-state index contributed by atoms with van der Waals surface area (Å²) in [5.41, 5.74) is 1.16. The first-order chi connectivity index (χ1) is 7.92. The van der Waals surface area contributed by atoms with Gasteiger partial charge in [-0.1, -0.05) is 36.8 Å². The van der Waals surface area contributed by atoms with E-state index in [9.17, 15) is 4.79 Å². The van der Waals surface area contributed by atoms with Crippen LogP contribution in [0.5, 0.6) is 0 Å². The van der Waals surface area contributed by atoms with Gasteiger partial charge in [-0.15, -0.1) is 0 Å². The van der Waals surface area contributed by atoms with Crippen LogP contribution in [0.4, 0.5) is 0 Å². The molecular weight excluding hydrogens is 200 g/mol. The maximum absolute atomic E-state index is 10.7. The highest BCUT2D eigenvalue weighted by molar-refractivity contribution is 5.47. The maximum Gasteiger partial charge on any atom is 0.208 e. The molecule has 0 bridgehead atoms. The molecule has 0 radical (unpaired) electrons. The fraction of sp³-hybridized carbons (Fsp3) is 0.462. The molecule has 3 nitrogen and oxygen atoms in total. The summed E-state index contributed by atoms with van der Waals surface area (Å²) in [4.78, 5) is 13.0. The zero-order chi connectivity index (χ0) is 11.2. The molecule has 1 fully saturated rings. The number of likely N-dealkylation sites (tertiary alicyclic amines) is 1. The van der Waals surface area contributed by atoms with Gasteiger partial charge in [0.15, 0.2) is 0 Å². The molecular formula is C13H18N2O. The van der Waals surface area contributed by atoms with Gasteiger partial charge < -0.3 is 5.32 Å². The van der Waals surface area contributed by atoms with Gasteiger partial charge in [0.25, 0.3) is 0 Å². The monoisotopic (exact) mass is 218 g/mol. The largest absolute Gasteiger partial charge is 0.339 e. The molecule has 1 aromatic rings. The van der Waals surface area contributed by atoms with Crippen molar-refractivity contribution in [2.45, 2.75) is 25.4 Å². The molecule has 2 rings (SSSR count). The van der Waals surface area contributed by atoms with E-state index in [1.165, 1.54) is 19.3 Å². The Labute approximate surface area is 96.5 Å². The van der Waals surface area contributed by atoms with Gasteiger partial charge in [0.05, 0.1) is 0 Å². The fourth-order valence-corrected chi connectivity index (χ4v) is 2.29. The maximum atomic E-state index is 10.7. The van der Waals surface area contributed by atoms with E-state index < -0.39 is 0 Å². The van der Waals surface area contributed by atoms with Gasteiger partial charge in [0, 0.05) is 13.1 Å². The van der Waals surface area contributed by atoms with Crippen LogP contribution in [0, 0.1) is 0 Å². The van der Waals surface area contributed by atoms with Crippen molar-refractivity contribution in [1.82, 2.24) is 10.2 Å². The van der Waals surface area contributed by atoms with Crippen molar-refractivity contribution in [1.29, 1.82) is 0 Å². The third-order valence-electron chi connectivity index (χ3n) is 3.10. The lowest BCUT2D eigenvalue weighted by Gasteiger charge is -2.34. The molecule has 1 unspecified atom stereocenters. The summed E-state index contributed by atoms with van der Waals surface area (Å²) in [7, 11) is 0. The molecule has 0 spiro atoms. The number of hydrogen-bond donors (Lipinski definition) is 1. The first-order valence-corrected chi connectivity index (χ1v) is 5.90. The van der Waals surface area contributed by atoms with Crippen LogP contribution in [0.3, 0.4) is 0 Å². The van der Waals surface area contributed by atoms with E-state index in [-0.39, 0.29) is 6.17 Å². The number of benzene rings is 1.